The van der Waals surface area contributed by atoms with E-state index in [4.69, 9.17) is 4.42 Å². The highest BCUT2D eigenvalue weighted by molar-refractivity contribution is 5.76. The van der Waals surface area contributed by atoms with E-state index in [0.29, 0.717) is 12.3 Å². The van der Waals surface area contributed by atoms with Gasteiger partial charge in [-0.25, -0.2) is 13.8 Å². The van der Waals surface area contributed by atoms with E-state index in [9.17, 15) is 13.6 Å². The van der Waals surface area contributed by atoms with E-state index in [2.05, 4.69) is 10.3 Å². The number of benzene rings is 1. The van der Waals surface area contributed by atoms with Gasteiger partial charge in [0.1, 0.15) is 11.6 Å². The van der Waals surface area contributed by atoms with E-state index in [0.717, 1.165) is 25.0 Å². The molecule has 6 heteroatoms. The lowest BCUT2D eigenvalue weighted by Crippen LogP contribution is -2.33. The van der Waals surface area contributed by atoms with Crippen LogP contribution in [0.4, 0.5) is 8.78 Å². The SMILES string of the molecule is CCC(CC)NC(=O)CCc1ncc(-c2ccc(F)cc2F)o1. The summed E-state index contributed by atoms with van der Waals surface area (Å²) in [6.45, 7) is 4.04. The molecular weight excluding hydrogens is 302 g/mol. The van der Waals surface area contributed by atoms with E-state index < -0.39 is 11.6 Å². The molecule has 0 aliphatic heterocycles. The number of oxazole rings is 1. The van der Waals surface area contributed by atoms with Crippen LogP contribution in [0.2, 0.25) is 0 Å². The number of hydrogen-bond acceptors (Lipinski definition) is 3. The van der Waals surface area contributed by atoms with Gasteiger partial charge in [-0.05, 0) is 25.0 Å². The first-order chi connectivity index (χ1) is 11.0. The van der Waals surface area contributed by atoms with Crippen molar-refractivity contribution in [3.63, 3.8) is 0 Å². The number of carbonyl (C=O) groups excluding carboxylic acids is 1. The van der Waals surface area contributed by atoms with Crippen molar-refractivity contribution >= 4 is 5.91 Å². The van der Waals surface area contributed by atoms with Gasteiger partial charge in [-0.3, -0.25) is 4.79 Å². The van der Waals surface area contributed by atoms with E-state index >= 15 is 0 Å². The number of carbonyl (C=O) groups is 1. The third-order valence-electron chi connectivity index (χ3n) is 3.67. The van der Waals surface area contributed by atoms with Crippen molar-refractivity contribution in [2.24, 2.45) is 0 Å². The van der Waals surface area contributed by atoms with Crippen molar-refractivity contribution in [3.8, 4) is 11.3 Å². The Bertz CT molecular complexity index is 666. The largest absolute Gasteiger partial charge is 0.441 e. The van der Waals surface area contributed by atoms with Gasteiger partial charge in [-0.1, -0.05) is 13.8 Å². The lowest BCUT2D eigenvalue weighted by molar-refractivity contribution is -0.121. The minimum atomic E-state index is -0.709. The summed E-state index contributed by atoms with van der Waals surface area (Å²) in [6.07, 6.45) is 3.73. The second-order valence-electron chi connectivity index (χ2n) is 5.32. The maximum absolute atomic E-state index is 13.7. The summed E-state index contributed by atoms with van der Waals surface area (Å²) >= 11 is 0. The Labute approximate surface area is 133 Å². The molecule has 1 N–H and O–H groups in total. The lowest BCUT2D eigenvalue weighted by atomic mass is 10.1. The third kappa shape index (κ3) is 4.61. The van der Waals surface area contributed by atoms with Crippen molar-refractivity contribution in [2.45, 2.75) is 45.6 Å². The molecule has 0 saturated heterocycles. The fraction of sp³-hybridized carbons (Fsp3) is 0.412. The Kier molecular flexibility index (Phi) is 5.84. The third-order valence-corrected chi connectivity index (χ3v) is 3.67. The van der Waals surface area contributed by atoms with Gasteiger partial charge in [0.05, 0.1) is 11.8 Å². The van der Waals surface area contributed by atoms with Gasteiger partial charge in [-0.15, -0.1) is 0 Å². The molecule has 0 saturated carbocycles. The smallest absolute Gasteiger partial charge is 0.220 e. The molecule has 0 radical (unpaired) electrons. The molecule has 0 atom stereocenters. The fourth-order valence-electron chi connectivity index (χ4n) is 2.25. The van der Waals surface area contributed by atoms with Crippen LogP contribution >= 0.6 is 0 Å². The van der Waals surface area contributed by atoms with E-state index in [1.165, 1.54) is 12.3 Å². The first-order valence-electron chi connectivity index (χ1n) is 7.73. The molecule has 1 aromatic carbocycles. The molecule has 1 aromatic heterocycles. The Morgan fingerprint density at radius 2 is 2.04 bits per heavy atom. The minimum Gasteiger partial charge on any atom is -0.441 e. The average Bonchev–Trinajstić information content (AvgIpc) is 2.99. The summed E-state index contributed by atoms with van der Waals surface area (Å²) in [6, 6.07) is 3.43. The van der Waals surface area contributed by atoms with Gasteiger partial charge < -0.3 is 9.73 Å². The van der Waals surface area contributed by atoms with Crippen molar-refractivity contribution in [3.05, 3.63) is 41.9 Å². The molecule has 0 spiro atoms. The van der Waals surface area contributed by atoms with Gasteiger partial charge in [-0.2, -0.15) is 0 Å². The zero-order chi connectivity index (χ0) is 16.8. The molecule has 0 unspecified atom stereocenters. The Morgan fingerprint density at radius 1 is 1.30 bits per heavy atom. The summed E-state index contributed by atoms with van der Waals surface area (Å²) in [4.78, 5) is 15.9. The van der Waals surface area contributed by atoms with Crippen molar-refractivity contribution < 1.29 is 18.0 Å². The second-order valence-corrected chi connectivity index (χ2v) is 5.32. The zero-order valence-corrected chi connectivity index (χ0v) is 13.2. The molecule has 2 rings (SSSR count). The molecule has 4 nitrogen and oxygen atoms in total. The molecule has 0 fully saturated rings. The summed E-state index contributed by atoms with van der Waals surface area (Å²) in [7, 11) is 0. The van der Waals surface area contributed by atoms with Gasteiger partial charge in [0.25, 0.3) is 0 Å². The number of rotatable bonds is 7. The maximum atomic E-state index is 13.7. The van der Waals surface area contributed by atoms with Crippen molar-refractivity contribution in [2.75, 3.05) is 0 Å². The molecule has 124 valence electrons. The second kappa shape index (κ2) is 7.85. The number of nitrogens with zero attached hydrogens (tertiary/aromatic N) is 1. The molecule has 0 aliphatic carbocycles. The first-order valence-corrected chi connectivity index (χ1v) is 7.73. The highest BCUT2D eigenvalue weighted by Crippen LogP contribution is 2.24. The summed E-state index contributed by atoms with van der Waals surface area (Å²) < 4.78 is 32.0. The van der Waals surface area contributed by atoms with E-state index in [-0.39, 0.29) is 29.7 Å². The predicted molar refractivity (Wildman–Crippen MR) is 82.7 cm³/mol. The Hall–Kier alpha value is -2.24. The fourth-order valence-corrected chi connectivity index (χ4v) is 2.25. The molecule has 2 aromatic rings. The van der Waals surface area contributed by atoms with Crippen LogP contribution in [0.3, 0.4) is 0 Å². The molecule has 23 heavy (non-hydrogen) atoms. The van der Waals surface area contributed by atoms with Crippen LogP contribution in [0.5, 0.6) is 0 Å². The number of halogens is 2. The van der Waals surface area contributed by atoms with Crippen LogP contribution < -0.4 is 5.32 Å². The Balaban J connectivity index is 1.96. The number of aryl methyl sites for hydroxylation is 1. The maximum Gasteiger partial charge on any atom is 0.220 e. The van der Waals surface area contributed by atoms with Gasteiger partial charge in [0, 0.05) is 24.9 Å². The first kappa shape index (κ1) is 17.1. The van der Waals surface area contributed by atoms with Crippen LogP contribution in [-0.2, 0) is 11.2 Å². The van der Waals surface area contributed by atoms with E-state index in [1.807, 2.05) is 13.8 Å². The number of amides is 1. The van der Waals surface area contributed by atoms with Crippen molar-refractivity contribution in [1.82, 2.24) is 10.3 Å². The van der Waals surface area contributed by atoms with Gasteiger partial charge >= 0.3 is 0 Å². The van der Waals surface area contributed by atoms with Crippen LogP contribution in [0.25, 0.3) is 11.3 Å². The summed E-state index contributed by atoms with van der Waals surface area (Å²) in [5, 5.41) is 2.93. The summed E-state index contributed by atoms with van der Waals surface area (Å²) in [5.74, 6) is -0.851. The lowest BCUT2D eigenvalue weighted by Gasteiger charge is -2.13. The minimum absolute atomic E-state index is 0.0635. The molecule has 0 aliphatic rings. The average molecular weight is 322 g/mol. The zero-order valence-electron chi connectivity index (χ0n) is 13.2. The molecule has 1 heterocycles. The molecular formula is C17H20F2N2O2. The highest BCUT2D eigenvalue weighted by atomic mass is 19.1. The van der Waals surface area contributed by atoms with Gasteiger partial charge in [0.15, 0.2) is 11.7 Å². The topological polar surface area (TPSA) is 55.1 Å². The molecule has 0 bridgehead atoms. The number of aromatic nitrogens is 1. The van der Waals surface area contributed by atoms with Crippen LogP contribution in [0.15, 0.2) is 28.8 Å². The highest BCUT2D eigenvalue weighted by Gasteiger charge is 2.14. The predicted octanol–water partition coefficient (Wildman–Crippen LogP) is 3.86. The monoisotopic (exact) mass is 322 g/mol. The van der Waals surface area contributed by atoms with E-state index in [1.54, 1.807) is 0 Å². The molecule has 1 amide bonds. The number of hydrogen-bond donors (Lipinski definition) is 1. The quantitative estimate of drug-likeness (QED) is 0.842. The van der Waals surface area contributed by atoms with Crippen LogP contribution in [-0.4, -0.2) is 16.9 Å². The van der Waals surface area contributed by atoms with Gasteiger partial charge in [0.2, 0.25) is 5.91 Å². The summed E-state index contributed by atoms with van der Waals surface area (Å²) in [5.41, 5.74) is 0.145. The normalized spacial score (nSPS) is 11.0. The van der Waals surface area contributed by atoms with Crippen molar-refractivity contribution in [1.29, 1.82) is 0 Å². The van der Waals surface area contributed by atoms with Crippen LogP contribution in [0, 0.1) is 11.6 Å². The Morgan fingerprint density at radius 3 is 2.70 bits per heavy atom. The van der Waals surface area contributed by atoms with Crippen LogP contribution in [0.1, 0.15) is 39.0 Å². The standard InChI is InChI=1S/C17H20F2N2O2/c1-3-12(4-2)21-16(22)7-8-17-20-10-15(23-17)13-6-5-11(18)9-14(13)19/h5-6,9-10,12H,3-4,7-8H2,1-2H3,(H,21,22). The number of nitrogens with one attached hydrogen (secondary N) is 1.